The lowest BCUT2D eigenvalue weighted by Crippen LogP contribution is -1.92. The molecule has 0 aromatic rings. The first-order valence-corrected chi connectivity index (χ1v) is 4.57. The van der Waals surface area contributed by atoms with Gasteiger partial charge in [-0.25, -0.2) is 0 Å². The molecule has 1 aliphatic carbocycles. The number of rotatable bonds is 1. The van der Waals surface area contributed by atoms with Crippen molar-refractivity contribution in [3.8, 4) is 0 Å². The van der Waals surface area contributed by atoms with Gasteiger partial charge in [-0.1, -0.05) is 13.8 Å². The van der Waals surface area contributed by atoms with Crippen molar-refractivity contribution < 1.29 is 0 Å². The highest BCUT2D eigenvalue weighted by atomic mass is 32.2. The van der Waals surface area contributed by atoms with Crippen molar-refractivity contribution in [2.24, 2.45) is 11.8 Å². The fourth-order valence-corrected chi connectivity index (χ4v) is 2.54. The summed E-state index contributed by atoms with van der Waals surface area (Å²) < 4.78 is 0.319. The second-order valence-electron chi connectivity index (χ2n) is 2.53. The van der Waals surface area contributed by atoms with E-state index in [-0.39, 0.29) is 0 Å². The molecule has 1 saturated carbocycles. The fraction of sp³-hybridized carbons (Fsp3) is 1.00. The third kappa shape index (κ3) is 0.695. The van der Waals surface area contributed by atoms with Gasteiger partial charge in [0.1, 0.15) is 0 Å². The Kier molecular flexibility index (Phi) is 1.57. The standard InChI is InChI=1S/C6H12S2/c1-4-5(2)6(4,7)8-3/h4-5,7H,1-3H3. The van der Waals surface area contributed by atoms with Crippen LogP contribution in [0, 0.1) is 11.8 Å². The van der Waals surface area contributed by atoms with Crippen molar-refractivity contribution in [2.45, 2.75) is 17.9 Å². The normalized spacial score (nSPS) is 54.0. The number of thioether (sulfide) groups is 1. The topological polar surface area (TPSA) is 0 Å². The second-order valence-corrected chi connectivity index (χ2v) is 4.66. The van der Waals surface area contributed by atoms with Crippen LogP contribution in [0.3, 0.4) is 0 Å². The quantitative estimate of drug-likeness (QED) is 0.439. The molecule has 2 atom stereocenters. The summed E-state index contributed by atoms with van der Waals surface area (Å²) in [7, 11) is 0. The van der Waals surface area contributed by atoms with Gasteiger partial charge in [-0.05, 0) is 18.1 Å². The van der Waals surface area contributed by atoms with Gasteiger partial charge in [0, 0.05) is 0 Å². The molecular formula is C6H12S2. The minimum Gasteiger partial charge on any atom is -0.161 e. The summed E-state index contributed by atoms with van der Waals surface area (Å²) in [6.07, 6.45) is 2.13. The lowest BCUT2D eigenvalue weighted by molar-refractivity contribution is 0.834. The van der Waals surface area contributed by atoms with E-state index in [9.17, 15) is 0 Å². The molecule has 48 valence electrons. The molecular weight excluding hydrogens is 136 g/mol. The SMILES string of the molecule is CSC1(S)C(C)C1C. The van der Waals surface area contributed by atoms with Gasteiger partial charge < -0.3 is 0 Å². The molecule has 0 aliphatic heterocycles. The summed E-state index contributed by atoms with van der Waals surface area (Å²) in [5.74, 6) is 1.61. The zero-order valence-corrected chi connectivity index (χ0v) is 7.22. The first kappa shape index (κ1) is 6.81. The van der Waals surface area contributed by atoms with Crippen molar-refractivity contribution in [3.63, 3.8) is 0 Å². The average Bonchev–Trinajstić information content (AvgIpc) is 2.22. The van der Waals surface area contributed by atoms with Crippen LogP contribution in [0.1, 0.15) is 13.8 Å². The van der Waals surface area contributed by atoms with E-state index < -0.39 is 0 Å². The highest BCUT2D eigenvalue weighted by Crippen LogP contribution is 2.61. The maximum Gasteiger partial charge on any atom is 0.0636 e. The highest BCUT2D eigenvalue weighted by Gasteiger charge is 2.56. The van der Waals surface area contributed by atoms with Crippen LogP contribution in [0.2, 0.25) is 0 Å². The van der Waals surface area contributed by atoms with Gasteiger partial charge in [0.15, 0.2) is 0 Å². The van der Waals surface area contributed by atoms with E-state index in [4.69, 9.17) is 0 Å². The maximum atomic E-state index is 4.52. The maximum absolute atomic E-state index is 4.52. The molecule has 8 heavy (non-hydrogen) atoms. The zero-order valence-electron chi connectivity index (χ0n) is 5.51. The molecule has 1 fully saturated rings. The van der Waals surface area contributed by atoms with Crippen LogP contribution in [0.25, 0.3) is 0 Å². The van der Waals surface area contributed by atoms with Crippen LogP contribution in [0.4, 0.5) is 0 Å². The van der Waals surface area contributed by atoms with Gasteiger partial charge in [-0.2, -0.15) is 12.6 Å². The van der Waals surface area contributed by atoms with Crippen LogP contribution in [0.15, 0.2) is 0 Å². The Hall–Kier alpha value is 0.700. The van der Waals surface area contributed by atoms with Gasteiger partial charge in [0.05, 0.1) is 4.08 Å². The molecule has 1 aliphatic rings. The van der Waals surface area contributed by atoms with Crippen LogP contribution in [0.5, 0.6) is 0 Å². The lowest BCUT2D eigenvalue weighted by Gasteiger charge is -2.01. The molecule has 0 radical (unpaired) electrons. The molecule has 2 heteroatoms. The minimum atomic E-state index is 0.319. The molecule has 0 spiro atoms. The van der Waals surface area contributed by atoms with Crippen LogP contribution in [-0.4, -0.2) is 10.3 Å². The van der Waals surface area contributed by atoms with E-state index in [2.05, 4.69) is 32.7 Å². The third-order valence-corrected chi connectivity index (χ3v) is 5.03. The molecule has 0 saturated heterocycles. The summed E-state index contributed by atoms with van der Waals surface area (Å²) in [6.45, 7) is 4.52. The fourth-order valence-electron chi connectivity index (χ4n) is 1.09. The predicted octanol–water partition coefficient (Wildman–Crippen LogP) is 2.26. The van der Waals surface area contributed by atoms with E-state index in [1.54, 1.807) is 0 Å². The number of hydrogen-bond acceptors (Lipinski definition) is 2. The van der Waals surface area contributed by atoms with E-state index in [1.165, 1.54) is 0 Å². The molecule has 0 amide bonds. The Balaban J connectivity index is 2.50. The Labute approximate surface area is 60.8 Å². The summed E-state index contributed by atoms with van der Waals surface area (Å²) in [5, 5.41) is 0. The van der Waals surface area contributed by atoms with Gasteiger partial charge in [0.25, 0.3) is 0 Å². The van der Waals surface area contributed by atoms with E-state index in [0.717, 1.165) is 11.8 Å². The monoisotopic (exact) mass is 148 g/mol. The van der Waals surface area contributed by atoms with Crippen LogP contribution in [-0.2, 0) is 0 Å². The number of hydrogen-bond donors (Lipinski definition) is 1. The van der Waals surface area contributed by atoms with Gasteiger partial charge in [-0.15, -0.1) is 11.8 Å². The lowest BCUT2D eigenvalue weighted by atomic mass is 10.4. The Morgan fingerprint density at radius 1 is 1.38 bits per heavy atom. The highest BCUT2D eigenvalue weighted by molar-refractivity contribution is 8.11. The molecule has 0 aromatic heterocycles. The summed E-state index contributed by atoms with van der Waals surface area (Å²) >= 11 is 6.39. The van der Waals surface area contributed by atoms with Gasteiger partial charge in [-0.3, -0.25) is 0 Å². The second kappa shape index (κ2) is 1.84. The van der Waals surface area contributed by atoms with E-state index >= 15 is 0 Å². The minimum absolute atomic E-state index is 0.319. The predicted molar refractivity (Wildman–Crippen MR) is 43.6 cm³/mol. The van der Waals surface area contributed by atoms with Crippen molar-refractivity contribution in [2.75, 3.05) is 6.26 Å². The van der Waals surface area contributed by atoms with Crippen LogP contribution < -0.4 is 0 Å². The van der Waals surface area contributed by atoms with Crippen molar-refractivity contribution >= 4 is 24.4 Å². The van der Waals surface area contributed by atoms with Gasteiger partial charge >= 0.3 is 0 Å². The molecule has 0 N–H and O–H groups in total. The Bertz CT molecular complexity index is 92.7. The van der Waals surface area contributed by atoms with E-state index in [1.807, 2.05) is 11.8 Å². The number of thiol groups is 1. The van der Waals surface area contributed by atoms with Crippen molar-refractivity contribution in [1.82, 2.24) is 0 Å². The largest absolute Gasteiger partial charge is 0.161 e. The molecule has 0 heterocycles. The average molecular weight is 148 g/mol. The van der Waals surface area contributed by atoms with Crippen molar-refractivity contribution in [1.29, 1.82) is 0 Å². The zero-order chi connectivity index (χ0) is 6.36. The summed E-state index contributed by atoms with van der Waals surface area (Å²) in [6, 6.07) is 0. The van der Waals surface area contributed by atoms with Crippen molar-refractivity contribution in [3.05, 3.63) is 0 Å². The molecule has 0 nitrogen and oxygen atoms in total. The smallest absolute Gasteiger partial charge is 0.0636 e. The first-order valence-electron chi connectivity index (χ1n) is 2.90. The third-order valence-electron chi connectivity index (χ3n) is 2.27. The first-order chi connectivity index (χ1) is 3.63. The Morgan fingerprint density at radius 2 is 1.75 bits per heavy atom. The van der Waals surface area contributed by atoms with E-state index in [0.29, 0.717) is 4.08 Å². The Morgan fingerprint density at radius 3 is 1.75 bits per heavy atom. The summed E-state index contributed by atoms with van der Waals surface area (Å²) in [5.41, 5.74) is 0. The van der Waals surface area contributed by atoms with Crippen LogP contribution >= 0.6 is 24.4 Å². The summed E-state index contributed by atoms with van der Waals surface area (Å²) in [4.78, 5) is 0. The molecule has 1 rings (SSSR count). The molecule has 0 bridgehead atoms. The molecule has 2 unspecified atom stereocenters. The molecule has 0 aromatic carbocycles. The van der Waals surface area contributed by atoms with Gasteiger partial charge in [0.2, 0.25) is 0 Å².